The Labute approximate surface area is 136 Å². The summed E-state index contributed by atoms with van der Waals surface area (Å²) in [6, 6.07) is 1.75. The molecule has 4 heteroatoms. The molecule has 0 amide bonds. The number of fused-ring (bicyclic) bond motifs is 2. The molecule has 0 radical (unpaired) electrons. The normalized spacial score (nSPS) is 40.6. The first-order chi connectivity index (χ1) is 10.8. The molecule has 0 aromatic rings. The second-order valence-corrected chi connectivity index (χ2v) is 8.01. The van der Waals surface area contributed by atoms with Gasteiger partial charge >= 0.3 is 0 Å². The van der Waals surface area contributed by atoms with Gasteiger partial charge in [-0.05, 0) is 50.9 Å². The Kier molecular flexibility index (Phi) is 4.46. The fourth-order valence-electron chi connectivity index (χ4n) is 5.71. The molecule has 0 aliphatic carbocycles. The van der Waals surface area contributed by atoms with E-state index in [9.17, 15) is 0 Å². The SMILES string of the molecule is CCN1CC[C@H]2CN(CCN3C[C@H]4CCN(CC)[C@H]4C3)C[C@H]21. The van der Waals surface area contributed by atoms with Crippen molar-refractivity contribution >= 4 is 0 Å². The molecule has 0 N–H and O–H groups in total. The quantitative estimate of drug-likeness (QED) is 0.752. The van der Waals surface area contributed by atoms with E-state index in [0.717, 1.165) is 23.9 Å². The Morgan fingerprint density at radius 3 is 1.55 bits per heavy atom. The molecule has 4 rings (SSSR count). The maximum atomic E-state index is 2.75. The molecule has 4 atom stereocenters. The summed E-state index contributed by atoms with van der Waals surface area (Å²) >= 11 is 0. The van der Waals surface area contributed by atoms with Crippen LogP contribution in [0.4, 0.5) is 0 Å². The number of likely N-dealkylation sites (N-methyl/N-ethyl adjacent to an activating group) is 2. The van der Waals surface area contributed by atoms with Crippen molar-refractivity contribution in [1.29, 1.82) is 0 Å². The van der Waals surface area contributed by atoms with E-state index in [0.29, 0.717) is 0 Å². The molecule has 4 fully saturated rings. The zero-order chi connectivity index (χ0) is 15.1. The highest BCUT2D eigenvalue weighted by atomic mass is 15.3. The second kappa shape index (κ2) is 6.39. The lowest BCUT2D eigenvalue weighted by Crippen LogP contribution is -2.39. The second-order valence-electron chi connectivity index (χ2n) is 8.01. The molecule has 0 aromatic carbocycles. The van der Waals surface area contributed by atoms with Crippen LogP contribution in [0.5, 0.6) is 0 Å². The molecule has 0 spiro atoms. The standard InChI is InChI=1S/C18H34N4/c1-3-21-7-5-15-11-19(13-17(15)21)9-10-20-12-16-6-8-22(4-2)18(16)14-20/h15-18H,3-14H2,1-2H3/t15-,16+,17+,18-. The summed E-state index contributed by atoms with van der Waals surface area (Å²) in [6.07, 6.45) is 2.88. The van der Waals surface area contributed by atoms with Gasteiger partial charge in [0.05, 0.1) is 0 Å². The molecular formula is C18H34N4. The van der Waals surface area contributed by atoms with E-state index >= 15 is 0 Å². The Hall–Kier alpha value is -0.160. The van der Waals surface area contributed by atoms with Gasteiger partial charge in [0, 0.05) is 51.4 Å². The van der Waals surface area contributed by atoms with E-state index in [2.05, 4.69) is 33.4 Å². The van der Waals surface area contributed by atoms with E-state index in [1.165, 1.54) is 78.3 Å². The summed E-state index contributed by atoms with van der Waals surface area (Å²) in [4.78, 5) is 10.9. The van der Waals surface area contributed by atoms with Crippen molar-refractivity contribution in [1.82, 2.24) is 19.6 Å². The van der Waals surface area contributed by atoms with Crippen LogP contribution in [0.3, 0.4) is 0 Å². The highest BCUT2D eigenvalue weighted by Crippen LogP contribution is 2.32. The van der Waals surface area contributed by atoms with Crippen molar-refractivity contribution in [2.45, 2.75) is 38.8 Å². The van der Waals surface area contributed by atoms with E-state index < -0.39 is 0 Å². The van der Waals surface area contributed by atoms with Crippen LogP contribution in [0, 0.1) is 11.8 Å². The predicted molar refractivity (Wildman–Crippen MR) is 91.2 cm³/mol. The van der Waals surface area contributed by atoms with Crippen LogP contribution in [-0.2, 0) is 0 Å². The molecule has 4 aliphatic heterocycles. The van der Waals surface area contributed by atoms with E-state index in [-0.39, 0.29) is 0 Å². The lowest BCUT2D eigenvalue weighted by molar-refractivity contribution is 0.199. The van der Waals surface area contributed by atoms with Crippen molar-refractivity contribution in [3.63, 3.8) is 0 Å². The summed E-state index contributed by atoms with van der Waals surface area (Å²) < 4.78 is 0. The Balaban J connectivity index is 1.23. The van der Waals surface area contributed by atoms with Gasteiger partial charge in [-0.15, -0.1) is 0 Å². The molecule has 0 aromatic heterocycles. The highest BCUT2D eigenvalue weighted by Gasteiger charge is 2.42. The fourth-order valence-corrected chi connectivity index (χ4v) is 5.71. The van der Waals surface area contributed by atoms with Crippen molar-refractivity contribution < 1.29 is 0 Å². The van der Waals surface area contributed by atoms with Gasteiger partial charge < -0.3 is 9.80 Å². The number of nitrogens with zero attached hydrogens (tertiary/aromatic N) is 4. The van der Waals surface area contributed by atoms with E-state index in [1.54, 1.807) is 0 Å². The third-order valence-electron chi connectivity index (χ3n) is 7.02. The van der Waals surface area contributed by atoms with Crippen molar-refractivity contribution in [3.05, 3.63) is 0 Å². The average Bonchev–Trinajstić information content (AvgIpc) is 3.24. The first-order valence-electron chi connectivity index (χ1n) is 9.71. The molecule has 4 nitrogen and oxygen atoms in total. The Bertz CT molecular complexity index is 351. The number of rotatable bonds is 5. The van der Waals surface area contributed by atoms with Gasteiger partial charge in [0.2, 0.25) is 0 Å². The highest BCUT2D eigenvalue weighted by molar-refractivity contribution is 4.98. The Morgan fingerprint density at radius 1 is 0.682 bits per heavy atom. The zero-order valence-electron chi connectivity index (χ0n) is 14.6. The predicted octanol–water partition coefficient (Wildman–Crippen LogP) is 1.04. The first kappa shape index (κ1) is 15.4. The van der Waals surface area contributed by atoms with Crippen LogP contribution < -0.4 is 0 Å². The van der Waals surface area contributed by atoms with Crippen molar-refractivity contribution in [2.24, 2.45) is 11.8 Å². The monoisotopic (exact) mass is 306 g/mol. The number of hydrogen-bond acceptors (Lipinski definition) is 4. The average molecular weight is 306 g/mol. The molecule has 126 valence electrons. The van der Waals surface area contributed by atoms with Gasteiger partial charge in [-0.25, -0.2) is 0 Å². The summed E-state index contributed by atoms with van der Waals surface area (Å²) in [6.45, 7) is 17.8. The molecule has 4 heterocycles. The first-order valence-corrected chi connectivity index (χ1v) is 9.71. The smallest absolute Gasteiger partial charge is 0.0263 e. The molecule has 0 bridgehead atoms. The Morgan fingerprint density at radius 2 is 1.14 bits per heavy atom. The van der Waals surface area contributed by atoms with Crippen LogP contribution in [-0.4, -0.2) is 97.1 Å². The van der Waals surface area contributed by atoms with Crippen LogP contribution >= 0.6 is 0 Å². The van der Waals surface area contributed by atoms with Crippen molar-refractivity contribution in [3.8, 4) is 0 Å². The van der Waals surface area contributed by atoms with E-state index in [4.69, 9.17) is 0 Å². The molecule has 0 saturated carbocycles. The zero-order valence-corrected chi connectivity index (χ0v) is 14.6. The largest absolute Gasteiger partial charge is 0.300 e. The van der Waals surface area contributed by atoms with Crippen LogP contribution in [0.1, 0.15) is 26.7 Å². The van der Waals surface area contributed by atoms with Gasteiger partial charge in [-0.3, -0.25) is 9.80 Å². The lowest BCUT2D eigenvalue weighted by Gasteiger charge is -2.26. The summed E-state index contributed by atoms with van der Waals surface area (Å²) in [5, 5.41) is 0. The summed E-state index contributed by atoms with van der Waals surface area (Å²) in [5.41, 5.74) is 0. The summed E-state index contributed by atoms with van der Waals surface area (Å²) in [7, 11) is 0. The third kappa shape index (κ3) is 2.72. The number of likely N-dealkylation sites (tertiary alicyclic amines) is 4. The third-order valence-corrected chi connectivity index (χ3v) is 7.02. The van der Waals surface area contributed by atoms with Gasteiger partial charge in [-0.2, -0.15) is 0 Å². The maximum Gasteiger partial charge on any atom is 0.0263 e. The van der Waals surface area contributed by atoms with Gasteiger partial charge in [-0.1, -0.05) is 13.8 Å². The minimum atomic E-state index is 0.874. The minimum Gasteiger partial charge on any atom is -0.300 e. The van der Waals surface area contributed by atoms with Crippen LogP contribution in [0.2, 0.25) is 0 Å². The molecular weight excluding hydrogens is 272 g/mol. The van der Waals surface area contributed by atoms with Gasteiger partial charge in [0.15, 0.2) is 0 Å². The van der Waals surface area contributed by atoms with Gasteiger partial charge in [0.25, 0.3) is 0 Å². The lowest BCUT2D eigenvalue weighted by atomic mass is 10.1. The van der Waals surface area contributed by atoms with Crippen LogP contribution in [0.25, 0.3) is 0 Å². The van der Waals surface area contributed by atoms with Crippen molar-refractivity contribution in [2.75, 3.05) is 65.4 Å². The molecule has 0 unspecified atom stereocenters. The van der Waals surface area contributed by atoms with Gasteiger partial charge in [0.1, 0.15) is 0 Å². The van der Waals surface area contributed by atoms with E-state index in [1.807, 2.05) is 0 Å². The molecule has 4 saturated heterocycles. The molecule has 4 aliphatic rings. The molecule has 22 heavy (non-hydrogen) atoms. The minimum absolute atomic E-state index is 0.874. The fraction of sp³-hybridized carbons (Fsp3) is 1.00. The maximum absolute atomic E-state index is 2.75. The summed E-state index contributed by atoms with van der Waals surface area (Å²) in [5.74, 6) is 1.93. The van der Waals surface area contributed by atoms with Crippen LogP contribution in [0.15, 0.2) is 0 Å². The topological polar surface area (TPSA) is 13.0 Å². The number of hydrogen-bond donors (Lipinski definition) is 0.